The van der Waals surface area contributed by atoms with Crippen molar-refractivity contribution < 1.29 is 9.66 Å². The zero-order valence-electron chi connectivity index (χ0n) is 11.6. The van der Waals surface area contributed by atoms with Gasteiger partial charge in [0.15, 0.2) is 0 Å². The van der Waals surface area contributed by atoms with E-state index in [-0.39, 0.29) is 5.69 Å². The Morgan fingerprint density at radius 1 is 1.52 bits per heavy atom. The minimum absolute atomic E-state index is 0.0626. The van der Waals surface area contributed by atoms with Gasteiger partial charge in [0.1, 0.15) is 0 Å². The van der Waals surface area contributed by atoms with Gasteiger partial charge >= 0.3 is 0 Å². The highest BCUT2D eigenvalue weighted by Gasteiger charge is 2.14. The van der Waals surface area contributed by atoms with Crippen LogP contribution >= 0.6 is 11.3 Å². The first-order valence-electron chi connectivity index (χ1n) is 7.11. The monoisotopic (exact) mass is 307 g/mol. The molecule has 7 heteroatoms. The van der Waals surface area contributed by atoms with Gasteiger partial charge < -0.3 is 10.1 Å². The quantitative estimate of drug-likeness (QED) is 0.678. The second-order valence-corrected chi connectivity index (χ2v) is 6.23. The Hall–Kier alpha value is -1.73. The number of nitrogens with one attached hydrogen (secondary N) is 1. The summed E-state index contributed by atoms with van der Waals surface area (Å²) in [6.45, 7) is 2.83. The molecule has 6 nitrogen and oxygen atoms in total. The summed E-state index contributed by atoms with van der Waals surface area (Å²) in [5.41, 5.74) is 0.691. The summed E-state index contributed by atoms with van der Waals surface area (Å²) in [5.74, 6) is 0.675. The standard InChI is InChI=1S/C14H17N3O3S/c18-17(19)11-3-4-13-12(8-11)16-14(21-13)20-7-5-10-2-1-6-15-9-10/h3-4,8,10,15H,1-2,5-7,9H2. The van der Waals surface area contributed by atoms with E-state index in [4.69, 9.17) is 4.74 Å². The SMILES string of the molecule is O=[N+]([O-])c1ccc2sc(OCCC3CCCNC3)nc2c1. The molecule has 1 unspecified atom stereocenters. The fourth-order valence-electron chi connectivity index (χ4n) is 2.55. The molecule has 0 saturated carbocycles. The third-order valence-electron chi connectivity index (χ3n) is 3.71. The van der Waals surface area contributed by atoms with Gasteiger partial charge in [-0.1, -0.05) is 11.3 Å². The number of nitrogens with zero attached hydrogens (tertiary/aromatic N) is 2. The molecule has 1 atom stereocenters. The van der Waals surface area contributed by atoms with E-state index >= 15 is 0 Å². The summed E-state index contributed by atoms with van der Waals surface area (Å²) < 4.78 is 6.62. The lowest BCUT2D eigenvalue weighted by molar-refractivity contribution is -0.384. The summed E-state index contributed by atoms with van der Waals surface area (Å²) >= 11 is 1.43. The van der Waals surface area contributed by atoms with Crippen molar-refractivity contribution in [3.8, 4) is 5.19 Å². The molecule has 1 saturated heterocycles. The predicted molar refractivity (Wildman–Crippen MR) is 82.0 cm³/mol. The molecular weight excluding hydrogens is 290 g/mol. The van der Waals surface area contributed by atoms with Crippen molar-refractivity contribution >= 4 is 27.2 Å². The van der Waals surface area contributed by atoms with Crippen molar-refractivity contribution in [2.24, 2.45) is 5.92 Å². The number of hydrogen-bond acceptors (Lipinski definition) is 6. The molecule has 0 radical (unpaired) electrons. The maximum atomic E-state index is 10.7. The van der Waals surface area contributed by atoms with Gasteiger partial charge in [-0.25, -0.2) is 4.98 Å². The summed E-state index contributed by atoms with van der Waals surface area (Å²) in [7, 11) is 0. The van der Waals surface area contributed by atoms with Crippen molar-refractivity contribution in [1.29, 1.82) is 0 Å². The number of aromatic nitrogens is 1. The Morgan fingerprint density at radius 2 is 2.43 bits per heavy atom. The number of non-ortho nitro benzene ring substituents is 1. The number of benzene rings is 1. The number of hydrogen-bond donors (Lipinski definition) is 1. The molecule has 112 valence electrons. The van der Waals surface area contributed by atoms with E-state index in [1.807, 2.05) is 0 Å². The van der Waals surface area contributed by atoms with E-state index in [0.717, 1.165) is 24.2 Å². The lowest BCUT2D eigenvalue weighted by atomic mass is 9.97. The Kier molecular flexibility index (Phi) is 4.31. The van der Waals surface area contributed by atoms with Crippen molar-refractivity contribution in [2.75, 3.05) is 19.7 Å². The zero-order valence-corrected chi connectivity index (χ0v) is 12.4. The topological polar surface area (TPSA) is 77.3 Å². The molecule has 2 heterocycles. The van der Waals surface area contributed by atoms with Gasteiger partial charge in [-0.2, -0.15) is 0 Å². The summed E-state index contributed by atoms with van der Waals surface area (Å²) in [6, 6.07) is 4.71. The van der Waals surface area contributed by atoms with E-state index in [1.165, 1.54) is 36.3 Å². The molecule has 0 amide bonds. The summed E-state index contributed by atoms with van der Waals surface area (Å²) in [4.78, 5) is 14.6. The second-order valence-electron chi connectivity index (χ2n) is 5.24. The fraction of sp³-hybridized carbons (Fsp3) is 0.500. The molecule has 2 aromatic rings. The average Bonchev–Trinajstić information content (AvgIpc) is 2.90. The number of rotatable bonds is 5. The van der Waals surface area contributed by atoms with Crippen molar-refractivity contribution in [3.63, 3.8) is 0 Å². The zero-order chi connectivity index (χ0) is 14.7. The smallest absolute Gasteiger partial charge is 0.274 e. The van der Waals surface area contributed by atoms with Gasteiger partial charge in [0.05, 0.1) is 21.7 Å². The van der Waals surface area contributed by atoms with Gasteiger partial charge in [0.25, 0.3) is 10.9 Å². The van der Waals surface area contributed by atoms with E-state index in [0.29, 0.717) is 23.2 Å². The Bertz CT molecular complexity index is 637. The van der Waals surface area contributed by atoms with Gasteiger partial charge in [0, 0.05) is 12.1 Å². The van der Waals surface area contributed by atoms with Crippen LogP contribution in [0.1, 0.15) is 19.3 Å². The first-order valence-corrected chi connectivity index (χ1v) is 7.92. The van der Waals surface area contributed by atoms with Crippen LogP contribution in [0.2, 0.25) is 0 Å². The molecule has 0 bridgehead atoms. The number of thiazole rings is 1. The fourth-order valence-corrected chi connectivity index (χ4v) is 3.37. The lowest BCUT2D eigenvalue weighted by Crippen LogP contribution is -2.30. The molecule has 1 N–H and O–H groups in total. The van der Waals surface area contributed by atoms with Crippen molar-refractivity contribution in [3.05, 3.63) is 28.3 Å². The largest absolute Gasteiger partial charge is 0.470 e. The number of nitro groups is 1. The number of nitro benzene ring substituents is 1. The van der Waals surface area contributed by atoms with Crippen LogP contribution in [0.15, 0.2) is 18.2 Å². The summed E-state index contributed by atoms with van der Waals surface area (Å²) in [6.07, 6.45) is 3.50. The lowest BCUT2D eigenvalue weighted by Gasteiger charge is -2.22. The number of ether oxygens (including phenoxy) is 1. The van der Waals surface area contributed by atoms with E-state index in [2.05, 4.69) is 10.3 Å². The van der Waals surface area contributed by atoms with Crippen LogP contribution in [0.25, 0.3) is 10.2 Å². The third kappa shape index (κ3) is 3.48. The van der Waals surface area contributed by atoms with Gasteiger partial charge in [-0.3, -0.25) is 10.1 Å². The third-order valence-corrected chi connectivity index (χ3v) is 4.66. The highest BCUT2D eigenvalue weighted by molar-refractivity contribution is 7.20. The first-order chi connectivity index (χ1) is 10.2. The molecule has 1 aliphatic heterocycles. The predicted octanol–water partition coefficient (Wildman–Crippen LogP) is 2.97. The van der Waals surface area contributed by atoms with E-state index in [9.17, 15) is 10.1 Å². The average molecular weight is 307 g/mol. The normalized spacial score (nSPS) is 18.8. The van der Waals surface area contributed by atoms with Gasteiger partial charge in [-0.05, 0) is 44.3 Å². The minimum atomic E-state index is -0.407. The van der Waals surface area contributed by atoms with E-state index in [1.54, 1.807) is 6.07 Å². The molecule has 1 fully saturated rings. The van der Waals surface area contributed by atoms with Crippen LogP contribution in [0.5, 0.6) is 5.19 Å². The Morgan fingerprint density at radius 3 is 3.19 bits per heavy atom. The van der Waals surface area contributed by atoms with E-state index < -0.39 is 4.92 Å². The number of fused-ring (bicyclic) bond motifs is 1. The molecule has 21 heavy (non-hydrogen) atoms. The molecule has 1 aromatic carbocycles. The Balaban J connectivity index is 1.60. The van der Waals surface area contributed by atoms with Gasteiger partial charge in [-0.15, -0.1) is 0 Å². The maximum absolute atomic E-state index is 10.7. The molecule has 1 aliphatic rings. The maximum Gasteiger partial charge on any atom is 0.274 e. The molecule has 0 aliphatic carbocycles. The van der Waals surface area contributed by atoms with Crippen molar-refractivity contribution in [2.45, 2.75) is 19.3 Å². The minimum Gasteiger partial charge on any atom is -0.470 e. The van der Waals surface area contributed by atoms with Crippen LogP contribution in [-0.2, 0) is 0 Å². The van der Waals surface area contributed by atoms with Crippen LogP contribution in [-0.4, -0.2) is 29.6 Å². The Labute approximate surface area is 126 Å². The second kappa shape index (κ2) is 6.36. The number of piperidine rings is 1. The molecule has 1 aromatic heterocycles. The van der Waals surface area contributed by atoms with Crippen LogP contribution in [0.3, 0.4) is 0 Å². The van der Waals surface area contributed by atoms with Crippen LogP contribution in [0, 0.1) is 16.0 Å². The highest BCUT2D eigenvalue weighted by atomic mass is 32.1. The first kappa shape index (κ1) is 14.2. The summed E-state index contributed by atoms with van der Waals surface area (Å²) in [5, 5.41) is 14.7. The van der Waals surface area contributed by atoms with Crippen LogP contribution < -0.4 is 10.1 Å². The van der Waals surface area contributed by atoms with Crippen LogP contribution in [0.4, 0.5) is 5.69 Å². The molecule has 0 spiro atoms. The van der Waals surface area contributed by atoms with Crippen molar-refractivity contribution in [1.82, 2.24) is 10.3 Å². The van der Waals surface area contributed by atoms with Gasteiger partial charge in [0.2, 0.25) is 0 Å². The molecule has 3 rings (SSSR count). The molecular formula is C14H17N3O3S. The highest BCUT2D eigenvalue weighted by Crippen LogP contribution is 2.30.